The van der Waals surface area contributed by atoms with E-state index in [0.717, 1.165) is 18.7 Å². The highest BCUT2D eigenvalue weighted by Crippen LogP contribution is 2.41. The number of aromatic nitrogens is 1. The van der Waals surface area contributed by atoms with Gasteiger partial charge >= 0.3 is 0 Å². The molecule has 1 amide bonds. The lowest BCUT2D eigenvalue weighted by atomic mass is 10.2. The maximum absolute atomic E-state index is 11.9. The van der Waals surface area contributed by atoms with E-state index < -0.39 is 16.9 Å². The first kappa shape index (κ1) is 12.3. The van der Waals surface area contributed by atoms with Gasteiger partial charge in [-0.3, -0.25) is 14.9 Å². The number of amides is 1. The van der Waals surface area contributed by atoms with E-state index in [1.165, 1.54) is 0 Å². The molecular weight excluding hydrogens is 274 g/mol. The molecule has 0 radical (unpaired) electrons. The molecule has 0 unspecified atom stereocenters. The van der Waals surface area contributed by atoms with Crippen LogP contribution in [-0.2, 0) is 4.79 Å². The first-order valence-corrected chi connectivity index (χ1v) is 6.96. The summed E-state index contributed by atoms with van der Waals surface area (Å²) >= 11 is 0. The minimum Gasteiger partial charge on any atom is -0.440 e. The van der Waals surface area contributed by atoms with Gasteiger partial charge in [-0.15, -0.1) is 0 Å². The molecule has 1 aromatic carbocycles. The lowest BCUT2D eigenvalue weighted by Crippen LogP contribution is -2.18. The molecule has 4 rings (SSSR count). The number of nitrogens with one attached hydrogen (secondary N) is 1. The summed E-state index contributed by atoms with van der Waals surface area (Å²) in [5, 5.41) is 13.3. The highest BCUT2D eigenvalue weighted by atomic mass is 16.6. The van der Waals surface area contributed by atoms with Crippen molar-refractivity contribution in [1.82, 2.24) is 4.98 Å². The summed E-state index contributed by atoms with van der Waals surface area (Å²) in [4.78, 5) is 26.5. The van der Waals surface area contributed by atoms with E-state index in [4.69, 9.17) is 4.42 Å². The van der Waals surface area contributed by atoms with Gasteiger partial charge in [0, 0.05) is 22.9 Å². The maximum Gasteiger partial charge on any atom is 0.234 e. The van der Waals surface area contributed by atoms with Gasteiger partial charge in [0.05, 0.1) is 0 Å². The molecule has 108 valence electrons. The Morgan fingerprint density at radius 3 is 2.90 bits per heavy atom. The van der Waals surface area contributed by atoms with E-state index in [1.54, 1.807) is 18.2 Å². The van der Waals surface area contributed by atoms with Gasteiger partial charge in [-0.05, 0) is 31.0 Å². The minimum atomic E-state index is -0.734. The SMILES string of the molecule is O=C(Nc1ccc2oc(C3CC3)nc2c1)[C@@H]1C[C@@H]1[N+](=O)[O-]. The Morgan fingerprint density at radius 2 is 2.24 bits per heavy atom. The summed E-state index contributed by atoms with van der Waals surface area (Å²) in [6.45, 7) is 0. The Balaban J connectivity index is 1.51. The van der Waals surface area contributed by atoms with Crippen LogP contribution in [0.15, 0.2) is 22.6 Å². The molecule has 2 aromatic rings. The van der Waals surface area contributed by atoms with E-state index in [9.17, 15) is 14.9 Å². The second kappa shape index (κ2) is 4.28. The summed E-state index contributed by atoms with van der Waals surface area (Å²) in [5.41, 5.74) is 2.00. The molecule has 0 aliphatic heterocycles. The number of oxazole rings is 1. The minimum absolute atomic E-state index is 0.304. The lowest BCUT2D eigenvalue weighted by molar-refractivity contribution is -0.497. The van der Waals surface area contributed by atoms with Crippen molar-refractivity contribution in [3.63, 3.8) is 0 Å². The summed E-state index contributed by atoms with van der Waals surface area (Å²) in [5.74, 6) is 0.365. The van der Waals surface area contributed by atoms with Crippen LogP contribution in [0.5, 0.6) is 0 Å². The number of carbonyl (C=O) groups excluding carboxylic acids is 1. The Bertz CT molecular complexity index is 750. The number of hydrogen-bond acceptors (Lipinski definition) is 5. The highest BCUT2D eigenvalue weighted by molar-refractivity contribution is 5.96. The van der Waals surface area contributed by atoms with Gasteiger partial charge in [0.15, 0.2) is 11.5 Å². The van der Waals surface area contributed by atoms with Crippen molar-refractivity contribution in [2.24, 2.45) is 5.92 Å². The van der Waals surface area contributed by atoms with Gasteiger partial charge < -0.3 is 9.73 Å². The number of anilines is 1. The number of nitro groups is 1. The predicted molar refractivity (Wildman–Crippen MR) is 73.5 cm³/mol. The van der Waals surface area contributed by atoms with E-state index in [0.29, 0.717) is 29.1 Å². The third kappa shape index (κ3) is 2.24. The van der Waals surface area contributed by atoms with Gasteiger partial charge in [-0.1, -0.05) is 0 Å². The zero-order chi connectivity index (χ0) is 14.6. The Hall–Kier alpha value is -2.44. The Morgan fingerprint density at radius 1 is 1.43 bits per heavy atom. The monoisotopic (exact) mass is 287 g/mol. The molecule has 0 bridgehead atoms. The van der Waals surface area contributed by atoms with Crippen LogP contribution in [0.1, 0.15) is 31.1 Å². The van der Waals surface area contributed by atoms with E-state index in [-0.39, 0.29) is 5.91 Å². The molecule has 0 saturated heterocycles. The third-order valence-corrected chi connectivity index (χ3v) is 3.96. The average molecular weight is 287 g/mol. The van der Waals surface area contributed by atoms with Crippen molar-refractivity contribution in [2.45, 2.75) is 31.2 Å². The molecule has 2 atom stereocenters. The quantitative estimate of drug-likeness (QED) is 0.687. The number of benzene rings is 1. The number of carbonyl (C=O) groups is 1. The molecule has 2 fully saturated rings. The van der Waals surface area contributed by atoms with Gasteiger partial charge in [0.1, 0.15) is 11.4 Å². The van der Waals surface area contributed by atoms with Crippen molar-refractivity contribution in [3.05, 3.63) is 34.2 Å². The number of rotatable bonds is 4. The van der Waals surface area contributed by atoms with Crippen molar-refractivity contribution >= 4 is 22.7 Å². The standard InChI is InChI=1S/C14H13N3O4/c18-13(9-6-11(9)17(19)20)15-8-3-4-12-10(5-8)16-14(21-12)7-1-2-7/h3-5,7,9,11H,1-2,6H2,(H,15,18)/t9-,11+/m1/s1. The summed E-state index contributed by atoms with van der Waals surface area (Å²) < 4.78 is 5.65. The highest BCUT2D eigenvalue weighted by Gasteiger charge is 2.53. The van der Waals surface area contributed by atoms with Crippen LogP contribution >= 0.6 is 0 Å². The number of hydrogen-bond donors (Lipinski definition) is 1. The van der Waals surface area contributed by atoms with Gasteiger partial charge in [-0.2, -0.15) is 0 Å². The van der Waals surface area contributed by atoms with E-state index in [2.05, 4.69) is 10.3 Å². The zero-order valence-corrected chi connectivity index (χ0v) is 11.1. The summed E-state index contributed by atoms with van der Waals surface area (Å²) in [6.07, 6.45) is 2.54. The van der Waals surface area contributed by atoms with Gasteiger partial charge in [0.2, 0.25) is 11.9 Å². The normalized spacial score (nSPS) is 24.0. The largest absolute Gasteiger partial charge is 0.440 e. The molecule has 1 N–H and O–H groups in total. The van der Waals surface area contributed by atoms with Crippen LogP contribution in [0.25, 0.3) is 11.1 Å². The van der Waals surface area contributed by atoms with Crippen molar-refractivity contribution in [1.29, 1.82) is 0 Å². The second-order valence-electron chi connectivity index (χ2n) is 5.69. The van der Waals surface area contributed by atoms with Gasteiger partial charge in [0.25, 0.3) is 0 Å². The maximum atomic E-state index is 11.9. The molecule has 0 spiro atoms. The lowest BCUT2D eigenvalue weighted by Gasteiger charge is -2.02. The van der Waals surface area contributed by atoms with Crippen LogP contribution in [0.2, 0.25) is 0 Å². The second-order valence-corrected chi connectivity index (χ2v) is 5.69. The van der Waals surface area contributed by atoms with Crippen LogP contribution in [0.3, 0.4) is 0 Å². The summed E-state index contributed by atoms with van der Waals surface area (Å²) in [6, 6.07) is 4.50. The van der Waals surface area contributed by atoms with Crippen molar-refractivity contribution < 1.29 is 14.1 Å². The first-order chi connectivity index (χ1) is 10.1. The van der Waals surface area contributed by atoms with Gasteiger partial charge in [-0.25, -0.2) is 4.98 Å². The molecule has 21 heavy (non-hydrogen) atoms. The van der Waals surface area contributed by atoms with Crippen LogP contribution in [0, 0.1) is 16.0 Å². The molecule has 7 heteroatoms. The first-order valence-electron chi connectivity index (χ1n) is 6.96. The van der Waals surface area contributed by atoms with Crippen molar-refractivity contribution in [3.8, 4) is 0 Å². The fraction of sp³-hybridized carbons (Fsp3) is 0.429. The van der Waals surface area contributed by atoms with Crippen LogP contribution in [-0.4, -0.2) is 21.9 Å². The molecule has 2 saturated carbocycles. The fourth-order valence-electron chi connectivity index (χ4n) is 2.46. The third-order valence-electron chi connectivity index (χ3n) is 3.96. The van der Waals surface area contributed by atoms with Crippen molar-refractivity contribution in [2.75, 3.05) is 5.32 Å². The number of nitrogens with zero attached hydrogens (tertiary/aromatic N) is 2. The molecular formula is C14H13N3O4. The molecule has 7 nitrogen and oxygen atoms in total. The topological polar surface area (TPSA) is 98.3 Å². The van der Waals surface area contributed by atoms with E-state index >= 15 is 0 Å². The molecule has 2 aliphatic carbocycles. The molecule has 2 aliphatic rings. The fourth-order valence-corrected chi connectivity index (χ4v) is 2.46. The predicted octanol–water partition coefficient (Wildman–Crippen LogP) is 2.31. The zero-order valence-electron chi connectivity index (χ0n) is 11.1. The molecule has 1 aromatic heterocycles. The Kier molecular flexibility index (Phi) is 2.51. The van der Waals surface area contributed by atoms with E-state index in [1.807, 2.05) is 0 Å². The van der Waals surface area contributed by atoms with Crippen LogP contribution < -0.4 is 5.32 Å². The smallest absolute Gasteiger partial charge is 0.234 e. The Labute approximate surface area is 119 Å². The van der Waals surface area contributed by atoms with Crippen LogP contribution in [0.4, 0.5) is 5.69 Å². The molecule has 1 heterocycles. The number of fused-ring (bicyclic) bond motifs is 1. The average Bonchev–Trinajstić information content (AvgIpc) is 3.33. The summed E-state index contributed by atoms with van der Waals surface area (Å²) in [7, 11) is 0.